The van der Waals surface area contributed by atoms with E-state index in [4.69, 9.17) is 4.74 Å². The Morgan fingerprint density at radius 2 is 1.84 bits per heavy atom. The molecule has 0 radical (unpaired) electrons. The molecule has 0 aliphatic heterocycles. The van der Waals surface area contributed by atoms with Crippen molar-refractivity contribution < 1.29 is 19.1 Å². The molecule has 2 unspecified atom stereocenters. The van der Waals surface area contributed by atoms with Gasteiger partial charge in [-0.25, -0.2) is 4.79 Å². The van der Waals surface area contributed by atoms with Crippen LogP contribution in [0, 0.1) is 0 Å². The molecule has 0 aliphatic rings. The van der Waals surface area contributed by atoms with Crippen molar-refractivity contribution in [1.82, 2.24) is 15.5 Å². The van der Waals surface area contributed by atoms with Crippen LogP contribution in [0.4, 0.5) is 4.79 Å². The highest BCUT2D eigenvalue weighted by Crippen LogP contribution is 2.25. The predicted molar refractivity (Wildman–Crippen MR) is 128 cm³/mol. The smallest absolute Gasteiger partial charge is 0.408 e. The van der Waals surface area contributed by atoms with Crippen LogP contribution >= 0.6 is 0 Å². The first-order valence-electron chi connectivity index (χ1n) is 11.2. The molecule has 1 rings (SSSR count). The molecule has 2 atom stereocenters. The Morgan fingerprint density at radius 1 is 1.19 bits per heavy atom. The minimum atomic E-state index is -0.845. The Bertz CT molecular complexity index is 799. The molecule has 0 saturated carbocycles. The summed E-state index contributed by atoms with van der Waals surface area (Å²) >= 11 is 0. The number of hydrogen-bond donors (Lipinski definition) is 2. The van der Waals surface area contributed by atoms with E-state index in [-0.39, 0.29) is 30.4 Å². The summed E-state index contributed by atoms with van der Waals surface area (Å²) in [6.07, 6.45) is 2.79. The van der Waals surface area contributed by atoms with E-state index in [9.17, 15) is 14.4 Å². The number of nitrogens with zero attached hydrogens (tertiary/aromatic N) is 1. The molecule has 0 bridgehead atoms. The average molecular weight is 446 g/mol. The maximum atomic E-state index is 13.4. The molecular formula is C25H39N3O4. The van der Waals surface area contributed by atoms with Crippen molar-refractivity contribution in [3.8, 4) is 0 Å². The van der Waals surface area contributed by atoms with E-state index in [1.165, 1.54) is 4.90 Å². The van der Waals surface area contributed by atoms with Gasteiger partial charge in [-0.15, -0.1) is 0 Å². The molecule has 7 nitrogen and oxygen atoms in total. The van der Waals surface area contributed by atoms with Gasteiger partial charge in [-0.05, 0) is 65.2 Å². The predicted octanol–water partition coefficient (Wildman–Crippen LogP) is 4.44. The maximum absolute atomic E-state index is 13.4. The Morgan fingerprint density at radius 3 is 2.38 bits per heavy atom. The SMILES string of the molecule is C=Cc1cccc(C(C(=O)NC(C)CCC)N(C(=O)CNC(=O)OC(C)(C)C)C(C)C)c1. The zero-order chi connectivity index (χ0) is 24.5. The van der Waals surface area contributed by atoms with E-state index in [0.717, 1.165) is 18.4 Å². The Kier molecular flexibility index (Phi) is 10.4. The van der Waals surface area contributed by atoms with Gasteiger partial charge >= 0.3 is 6.09 Å². The molecule has 0 saturated heterocycles. The van der Waals surface area contributed by atoms with Crippen LogP contribution in [0.3, 0.4) is 0 Å². The molecule has 2 N–H and O–H groups in total. The van der Waals surface area contributed by atoms with Gasteiger partial charge in [-0.1, -0.05) is 44.2 Å². The number of hydrogen-bond acceptors (Lipinski definition) is 4. The Balaban J connectivity index is 3.22. The van der Waals surface area contributed by atoms with E-state index in [1.807, 2.05) is 45.0 Å². The van der Waals surface area contributed by atoms with Crippen LogP contribution in [0.15, 0.2) is 30.8 Å². The van der Waals surface area contributed by atoms with Gasteiger partial charge in [0.1, 0.15) is 18.2 Å². The van der Waals surface area contributed by atoms with Crippen molar-refractivity contribution in [2.75, 3.05) is 6.54 Å². The highest BCUT2D eigenvalue weighted by molar-refractivity contribution is 5.90. The summed E-state index contributed by atoms with van der Waals surface area (Å²) in [5.74, 6) is -0.635. The minimum absolute atomic E-state index is 0.0263. The lowest BCUT2D eigenvalue weighted by atomic mass is 9.99. The normalized spacial score (nSPS) is 13.1. The minimum Gasteiger partial charge on any atom is -0.444 e. The lowest BCUT2D eigenvalue weighted by molar-refractivity contribution is -0.142. The first kappa shape index (κ1) is 27.2. The lowest BCUT2D eigenvalue weighted by Crippen LogP contribution is -2.51. The van der Waals surface area contributed by atoms with Crippen LogP contribution in [-0.2, 0) is 14.3 Å². The number of alkyl carbamates (subject to hydrolysis) is 1. The topological polar surface area (TPSA) is 87.7 Å². The number of rotatable bonds is 10. The molecule has 0 heterocycles. The highest BCUT2D eigenvalue weighted by Gasteiger charge is 2.34. The van der Waals surface area contributed by atoms with E-state index in [0.29, 0.717) is 5.56 Å². The number of amides is 3. The van der Waals surface area contributed by atoms with Crippen LogP contribution in [0.25, 0.3) is 6.08 Å². The molecule has 1 aromatic rings. The fraction of sp³-hybridized carbons (Fsp3) is 0.560. The molecule has 7 heteroatoms. The van der Waals surface area contributed by atoms with Gasteiger partial charge in [-0.2, -0.15) is 0 Å². The number of ether oxygens (including phenoxy) is 1. The summed E-state index contributed by atoms with van der Waals surface area (Å²) in [5, 5.41) is 5.54. The zero-order valence-electron chi connectivity index (χ0n) is 20.5. The molecule has 0 spiro atoms. The van der Waals surface area contributed by atoms with Crippen molar-refractivity contribution in [2.45, 2.75) is 85.0 Å². The van der Waals surface area contributed by atoms with E-state index < -0.39 is 17.7 Å². The Hall–Kier alpha value is -2.83. The second kappa shape index (κ2) is 12.3. The summed E-state index contributed by atoms with van der Waals surface area (Å²) in [4.78, 5) is 40.1. The number of carbonyl (C=O) groups excluding carboxylic acids is 3. The Labute approximate surface area is 192 Å². The van der Waals surface area contributed by atoms with E-state index >= 15 is 0 Å². The fourth-order valence-corrected chi connectivity index (χ4v) is 3.40. The van der Waals surface area contributed by atoms with Crippen molar-refractivity contribution in [3.05, 3.63) is 42.0 Å². The molecule has 0 aliphatic carbocycles. The molecule has 3 amide bonds. The molecule has 32 heavy (non-hydrogen) atoms. The second-order valence-corrected chi connectivity index (χ2v) is 9.23. The van der Waals surface area contributed by atoms with Gasteiger partial charge < -0.3 is 20.3 Å². The third kappa shape index (κ3) is 8.73. The fourth-order valence-electron chi connectivity index (χ4n) is 3.40. The van der Waals surface area contributed by atoms with Crippen molar-refractivity contribution >= 4 is 24.0 Å². The monoisotopic (exact) mass is 445 g/mol. The summed E-state index contributed by atoms with van der Waals surface area (Å²) in [6.45, 7) is 16.5. The van der Waals surface area contributed by atoms with Crippen LogP contribution < -0.4 is 10.6 Å². The van der Waals surface area contributed by atoms with Crippen LogP contribution in [0.5, 0.6) is 0 Å². The van der Waals surface area contributed by atoms with Gasteiger partial charge in [0, 0.05) is 12.1 Å². The van der Waals surface area contributed by atoms with Gasteiger partial charge in [-0.3, -0.25) is 9.59 Å². The van der Waals surface area contributed by atoms with Crippen molar-refractivity contribution in [3.63, 3.8) is 0 Å². The van der Waals surface area contributed by atoms with E-state index in [2.05, 4.69) is 24.1 Å². The summed E-state index contributed by atoms with van der Waals surface area (Å²) in [6, 6.07) is 6.24. The standard InChI is InChI=1S/C25H39N3O4/c1-9-12-18(5)27-23(30)22(20-14-11-13-19(10-2)15-20)28(17(3)4)21(29)16-26-24(31)32-25(6,7)8/h10-11,13-15,17-18,22H,2,9,12,16H2,1,3-8H3,(H,26,31)(H,27,30). The van der Waals surface area contributed by atoms with E-state index in [1.54, 1.807) is 26.8 Å². The maximum Gasteiger partial charge on any atom is 0.408 e. The third-order valence-corrected chi connectivity index (χ3v) is 4.73. The zero-order valence-corrected chi connectivity index (χ0v) is 20.5. The molecule has 1 aromatic carbocycles. The number of carbonyl (C=O) groups is 3. The molecule has 0 fully saturated rings. The average Bonchev–Trinajstić information content (AvgIpc) is 2.68. The number of nitrogens with one attached hydrogen (secondary N) is 2. The first-order valence-corrected chi connectivity index (χ1v) is 11.2. The first-order chi connectivity index (χ1) is 14.9. The molecule has 0 aromatic heterocycles. The van der Waals surface area contributed by atoms with Crippen LogP contribution in [-0.4, -0.2) is 47.0 Å². The largest absolute Gasteiger partial charge is 0.444 e. The van der Waals surface area contributed by atoms with Crippen LogP contribution in [0.1, 0.15) is 78.5 Å². The summed E-state index contributed by atoms with van der Waals surface area (Å²) < 4.78 is 5.22. The van der Waals surface area contributed by atoms with Crippen molar-refractivity contribution in [1.29, 1.82) is 0 Å². The van der Waals surface area contributed by atoms with Crippen molar-refractivity contribution in [2.24, 2.45) is 0 Å². The van der Waals surface area contributed by atoms with Gasteiger partial charge in [0.25, 0.3) is 0 Å². The van der Waals surface area contributed by atoms with Crippen LogP contribution in [0.2, 0.25) is 0 Å². The highest BCUT2D eigenvalue weighted by atomic mass is 16.6. The second-order valence-electron chi connectivity index (χ2n) is 9.23. The quantitative estimate of drug-likeness (QED) is 0.557. The lowest BCUT2D eigenvalue weighted by Gasteiger charge is -2.35. The van der Waals surface area contributed by atoms with Gasteiger partial charge in [0.15, 0.2) is 0 Å². The molecular weight excluding hydrogens is 406 g/mol. The summed E-state index contributed by atoms with van der Waals surface area (Å²) in [7, 11) is 0. The number of benzene rings is 1. The van der Waals surface area contributed by atoms with Gasteiger partial charge in [0.05, 0.1) is 0 Å². The van der Waals surface area contributed by atoms with Gasteiger partial charge in [0.2, 0.25) is 11.8 Å². The summed E-state index contributed by atoms with van der Waals surface area (Å²) in [5.41, 5.74) is 0.862. The molecule has 178 valence electrons. The third-order valence-electron chi connectivity index (χ3n) is 4.73.